The maximum Gasteiger partial charge on any atom is 0.335 e. The van der Waals surface area contributed by atoms with Gasteiger partial charge in [0.25, 0.3) is 0 Å². The fraction of sp³-hybridized carbons (Fsp3) is 0.167. The maximum atomic E-state index is 11.1. The Morgan fingerprint density at radius 3 is 2.53 bits per heavy atom. The number of nitrogen functional groups attached to an aromatic ring is 1. The van der Waals surface area contributed by atoms with Crippen LogP contribution in [-0.4, -0.2) is 16.2 Å². The number of aromatic nitrogens is 1. The number of hydrogen-bond donors (Lipinski definition) is 2. The van der Waals surface area contributed by atoms with E-state index in [1.54, 1.807) is 13.0 Å². The first kappa shape index (κ1) is 11.2. The zero-order chi connectivity index (χ0) is 12.6. The molecule has 1 aromatic heterocycles. The minimum atomic E-state index is -0.959. The van der Waals surface area contributed by atoms with E-state index in [9.17, 15) is 4.79 Å². The Hall–Kier alpha value is -2.30. The zero-order valence-electron chi connectivity index (χ0n) is 9.52. The number of carboxylic acids is 1. The average Bonchev–Trinajstić information content (AvgIpc) is 2.64. The first-order valence-electron chi connectivity index (χ1n) is 5.05. The molecule has 17 heavy (non-hydrogen) atoms. The van der Waals surface area contributed by atoms with Gasteiger partial charge in [0.15, 0.2) is 0 Å². The van der Waals surface area contributed by atoms with E-state index >= 15 is 0 Å². The van der Waals surface area contributed by atoms with Gasteiger partial charge in [0.05, 0.1) is 17.3 Å². The molecule has 0 spiro atoms. The largest absolute Gasteiger partial charge is 0.478 e. The van der Waals surface area contributed by atoms with Gasteiger partial charge in [-0.1, -0.05) is 11.2 Å². The molecular weight excluding hydrogens is 220 g/mol. The van der Waals surface area contributed by atoms with Crippen molar-refractivity contribution in [2.75, 3.05) is 5.73 Å². The van der Waals surface area contributed by atoms with Gasteiger partial charge in [-0.2, -0.15) is 0 Å². The molecule has 2 aromatic rings. The van der Waals surface area contributed by atoms with E-state index in [1.807, 2.05) is 13.0 Å². The summed E-state index contributed by atoms with van der Waals surface area (Å²) in [7, 11) is 0. The lowest BCUT2D eigenvalue weighted by Crippen LogP contribution is -2.01. The molecule has 0 saturated heterocycles. The van der Waals surface area contributed by atoms with Gasteiger partial charge in [-0.05, 0) is 36.6 Å². The Kier molecular flexibility index (Phi) is 2.59. The number of aromatic carboxylic acids is 1. The number of aryl methyl sites for hydroxylation is 2. The van der Waals surface area contributed by atoms with Crippen LogP contribution < -0.4 is 5.73 Å². The van der Waals surface area contributed by atoms with E-state index in [2.05, 4.69) is 5.16 Å². The third kappa shape index (κ3) is 1.87. The van der Waals surface area contributed by atoms with Crippen LogP contribution in [0.25, 0.3) is 11.1 Å². The molecule has 0 aliphatic heterocycles. The van der Waals surface area contributed by atoms with E-state index in [4.69, 9.17) is 15.4 Å². The Morgan fingerprint density at radius 2 is 2.00 bits per heavy atom. The molecule has 0 bridgehead atoms. The van der Waals surface area contributed by atoms with Crippen molar-refractivity contribution in [3.05, 3.63) is 35.0 Å². The van der Waals surface area contributed by atoms with Gasteiger partial charge < -0.3 is 15.4 Å². The smallest absolute Gasteiger partial charge is 0.335 e. The topological polar surface area (TPSA) is 89.4 Å². The Balaban J connectivity index is 2.67. The standard InChI is InChI=1S/C12H12N2O3/c1-6-3-7(2)9(12(15)16)4-8(6)10-5-14-17-11(10)13/h3-5H,13H2,1-2H3,(H,15,16). The molecule has 0 aliphatic rings. The number of anilines is 1. The lowest BCUT2D eigenvalue weighted by Gasteiger charge is -2.08. The number of nitrogens with two attached hydrogens (primary N) is 1. The van der Waals surface area contributed by atoms with Crippen molar-refractivity contribution in [3.63, 3.8) is 0 Å². The molecule has 0 saturated carbocycles. The van der Waals surface area contributed by atoms with E-state index < -0.39 is 5.97 Å². The van der Waals surface area contributed by atoms with Crippen LogP contribution in [0.2, 0.25) is 0 Å². The number of benzene rings is 1. The molecular formula is C12H12N2O3. The van der Waals surface area contributed by atoms with Crippen LogP contribution in [0.1, 0.15) is 21.5 Å². The molecule has 0 aliphatic carbocycles. The minimum absolute atomic E-state index is 0.188. The van der Waals surface area contributed by atoms with Crippen LogP contribution in [-0.2, 0) is 0 Å². The monoisotopic (exact) mass is 232 g/mol. The first-order chi connectivity index (χ1) is 8.00. The SMILES string of the molecule is Cc1cc(C)c(-c2cnoc2N)cc1C(=O)O. The quantitative estimate of drug-likeness (QED) is 0.828. The lowest BCUT2D eigenvalue weighted by molar-refractivity contribution is 0.0696. The van der Waals surface area contributed by atoms with Gasteiger partial charge in [0, 0.05) is 0 Å². The highest BCUT2D eigenvalue weighted by Crippen LogP contribution is 2.30. The normalized spacial score (nSPS) is 10.5. The van der Waals surface area contributed by atoms with Gasteiger partial charge in [0.1, 0.15) is 0 Å². The van der Waals surface area contributed by atoms with Crippen molar-refractivity contribution in [2.45, 2.75) is 13.8 Å². The molecule has 5 heteroatoms. The predicted octanol–water partition coefficient (Wildman–Crippen LogP) is 2.24. The molecule has 88 valence electrons. The van der Waals surface area contributed by atoms with Crippen molar-refractivity contribution in [2.24, 2.45) is 0 Å². The third-order valence-electron chi connectivity index (χ3n) is 2.69. The van der Waals surface area contributed by atoms with E-state index in [0.29, 0.717) is 11.1 Å². The van der Waals surface area contributed by atoms with Gasteiger partial charge >= 0.3 is 5.97 Å². The number of hydrogen-bond acceptors (Lipinski definition) is 4. The molecule has 0 atom stereocenters. The number of carbonyl (C=O) groups is 1. The van der Waals surface area contributed by atoms with Crippen molar-refractivity contribution < 1.29 is 14.4 Å². The highest BCUT2D eigenvalue weighted by Gasteiger charge is 2.15. The number of nitrogens with zero attached hydrogens (tertiary/aromatic N) is 1. The van der Waals surface area contributed by atoms with Crippen LogP contribution in [0.4, 0.5) is 5.88 Å². The van der Waals surface area contributed by atoms with Crippen molar-refractivity contribution in [1.82, 2.24) is 5.16 Å². The molecule has 1 aromatic carbocycles. The Labute approximate surface area is 97.8 Å². The van der Waals surface area contributed by atoms with Gasteiger partial charge in [0.2, 0.25) is 5.88 Å². The molecule has 3 N–H and O–H groups in total. The van der Waals surface area contributed by atoms with Crippen molar-refractivity contribution in [1.29, 1.82) is 0 Å². The fourth-order valence-corrected chi connectivity index (χ4v) is 1.82. The maximum absolute atomic E-state index is 11.1. The summed E-state index contributed by atoms with van der Waals surface area (Å²) in [6.07, 6.45) is 1.48. The van der Waals surface area contributed by atoms with E-state index in [-0.39, 0.29) is 11.4 Å². The summed E-state index contributed by atoms with van der Waals surface area (Å²) in [4.78, 5) is 11.1. The second-order valence-electron chi connectivity index (χ2n) is 3.89. The molecule has 0 amide bonds. The molecule has 0 unspecified atom stereocenters. The minimum Gasteiger partial charge on any atom is -0.478 e. The lowest BCUT2D eigenvalue weighted by atomic mass is 9.96. The molecule has 0 radical (unpaired) electrons. The molecule has 1 heterocycles. The summed E-state index contributed by atoms with van der Waals surface area (Å²) in [5.41, 5.74) is 8.88. The second-order valence-corrected chi connectivity index (χ2v) is 3.89. The number of rotatable bonds is 2. The van der Waals surface area contributed by atoms with Gasteiger partial charge in [-0.25, -0.2) is 4.79 Å². The summed E-state index contributed by atoms with van der Waals surface area (Å²) in [5, 5.41) is 12.7. The zero-order valence-corrected chi connectivity index (χ0v) is 9.52. The van der Waals surface area contributed by atoms with Crippen molar-refractivity contribution in [3.8, 4) is 11.1 Å². The highest BCUT2D eigenvalue weighted by molar-refractivity contribution is 5.92. The first-order valence-corrected chi connectivity index (χ1v) is 5.05. The summed E-state index contributed by atoms with van der Waals surface area (Å²) >= 11 is 0. The third-order valence-corrected chi connectivity index (χ3v) is 2.69. The predicted molar refractivity (Wildman–Crippen MR) is 62.8 cm³/mol. The number of carboxylic acid groups (broad SMARTS) is 1. The highest BCUT2D eigenvalue weighted by atomic mass is 16.5. The second kappa shape index (κ2) is 3.93. The molecule has 0 fully saturated rings. The van der Waals surface area contributed by atoms with Gasteiger partial charge in [-0.15, -0.1) is 0 Å². The van der Waals surface area contributed by atoms with Crippen molar-refractivity contribution >= 4 is 11.9 Å². The molecule has 5 nitrogen and oxygen atoms in total. The van der Waals surface area contributed by atoms with Gasteiger partial charge in [-0.3, -0.25) is 0 Å². The van der Waals surface area contributed by atoms with E-state index in [1.165, 1.54) is 6.20 Å². The van der Waals surface area contributed by atoms with Crippen LogP contribution in [0, 0.1) is 13.8 Å². The van der Waals surface area contributed by atoms with Crippen LogP contribution in [0.15, 0.2) is 22.9 Å². The van der Waals surface area contributed by atoms with Crippen LogP contribution in [0.5, 0.6) is 0 Å². The van der Waals surface area contributed by atoms with Crippen LogP contribution in [0.3, 0.4) is 0 Å². The molecule has 2 rings (SSSR count). The summed E-state index contributed by atoms with van der Waals surface area (Å²) in [6.45, 7) is 3.65. The fourth-order valence-electron chi connectivity index (χ4n) is 1.82. The van der Waals surface area contributed by atoms with Crippen LogP contribution >= 0.6 is 0 Å². The van der Waals surface area contributed by atoms with E-state index in [0.717, 1.165) is 11.1 Å². The Morgan fingerprint density at radius 1 is 1.29 bits per heavy atom. The Bertz CT molecular complexity index is 587. The average molecular weight is 232 g/mol. The summed E-state index contributed by atoms with van der Waals surface area (Å²) in [5.74, 6) is -0.771. The summed E-state index contributed by atoms with van der Waals surface area (Å²) < 4.78 is 4.78. The summed E-state index contributed by atoms with van der Waals surface area (Å²) in [6, 6.07) is 3.40.